The van der Waals surface area contributed by atoms with Crippen LogP contribution in [0.4, 0.5) is 5.00 Å². The molecule has 0 saturated carbocycles. The lowest BCUT2D eigenvalue weighted by atomic mass is 9.95. The van der Waals surface area contributed by atoms with Crippen molar-refractivity contribution in [3.8, 4) is 11.5 Å². The maximum Gasteiger partial charge on any atom is 0.341 e. The van der Waals surface area contributed by atoms with Crippen molar-refractivity contribution < 1.29 is 23.8 Å². The third-order valence-corrected chi connectivity index (χ3v) is 6.01. The lowest BCUT2D eigenvalue weighted by molar-refractivity contribution is -0.111. The number of nitrogens with one attached hydrogen (secondary N) is 1. The molecule has 0 aliphatic heterocycles. The largest absolute Gasteiger partial charge is 0.493 e. The fourth-order valence-corrected chi connectivity index (χ4v) is 4.74. The van der Waals surface area contributed by atoms with Gasteiger partial charge < -0.3 is 19.5 Å². The number of carbonyl (C=O) groups excluding carboxylic acids is 2. The summed E-state index contributed by atoms with van der Waals surface area (Å²) in [5.74, 6) is 0.596. The number of hydrogen-bond acceptors (Lipinski definition) is 6. The highest BCUT2D eigenvalue weighted by Gasteiger charge is 2.26. The number of methoxy groups -OCH3 is 1. The van der Waals surface area contributed by atoms with Gasteiger partial charge in [0.1, 0.15) is 5.00 Å². The second-order valence-corrected chi connectivity index (χ2v) is 7.91. The first-order chi connectivity index (χ1) is 14.6. The minimum atomic E-state index is -0.368. The fraction of sp³-hybridized carbons (Fsp3) is 0.391. The molecular formula is C23H27NO5S. The van der Waals surface area contributed by atoms with Crippen LogP contribution < -0.4 is 14.8 Å². The quantitative estimate of drug-likeness (QED) is 0.479. The van der Waals surface area contributed by atoms with Crippen LogP contribution in [0.15, 0.2) is 24.3 Å². The van der Waals surface area contributed by atoms with Gasteiger partial charge in [-0.15, -0.1) is 11.3 Å². The molecular weight excluding hydrogens is 402 g/mol. The summed E-state index contributed by atoms with van der Waals surface area (Å²) in [6.07, 6.45) is 7.07. The van der Waals surface area contributed by atoms with Crippen molar-refractivity contribution in [3.05, 3.63) is 45.8 Å². The van der Waals surface area contributed by atoms with Crippen LogP contribution in [0, 0.1) is 0 Å². The summed E-state index contributed by atoms with van der Waals surface area (Å²) < 4.78 is 16.1. The number of anilines is 1. The molecule has 0 unspecified atom stereocenters. The van der Waals surface area contributed by atoms with Crippen molar-refractivity contribution in [2.45, 2.75) is 39.5 Å². The van der Waals surface area contributed by atoms with E-state index in [1.54, 1.807) is 20.1 Å². The Bertz CT molecular complexity index is 947. The first-order valence-electron chi connectivity index (χ1n) is 10.2. The Morgan fingerprint density at radius 2 is 1.93 bits per heavy atom. The van der Waals surface area contributed by atoms with Gasteiger partial charge in [0.2, 0.25) is 5.91 Å². The second kappa shape index (κ2) is 10.3. The molecule has 2 aromatic rings. The van der Waals surface area contributed by atoms with Crippen molar-refractivity contribution >= 4 is 34.3 Å². The SMILES string of the molecule is CCOC(=O)c1c(NC(=O)C=Cc2ccc(OCC)c(OC)c2)sc2c1CCCC2. The average Bonchev–Trinajstić information content (AvgIpc) is 3.11. The Hall–Kier alpha value is -2.80. The molecule has 1 aromatic heterocycles. The summed E-state index contributed by atoms with van der Waals surface area (Å²) in [5.41, 5.74) is 2.35. The number of aryl methyl sites for hydroxylation is 1. The molecule has 1 heterocycles. The van der Waals surface area contributed by atoms with Crippen LogP contribution in [-0.4, -0.2) is 32.2 Å². The molecule has 0 radical (unpaired) electrons. The summed E-state index contributed by atoms with van der Waals surface area (Å²) in [6, 6.07) is 5.47. The van der Waals surface area contributed by atoms with Crippen LogP contribution in [0.1, 0.15) is 53.1 Å². The summed E-state index contributed by atoms with van der Waals surface area (Å²) >= 11 is 1.48. The molecule has 1 N–H and O–H groups in total. The first-order valence-corrected chi connectivity index (χ1v) is 11.0. The molecule has 1 amide bonds. The van der Waals surface area contributed by atoms with Crippen molar-refractivity contribution in [1.82, 2.24) is 0 Å². The van der Waals surface area contributed by atoms with Gasteiger partial charge in [0.15, 0.2) is 11.5 Å². The summed E-state index contributed by atoms with van der Waals surface area (Å²) in [6.45, 7) is 4.53. The van der Waals surface area contributed by atoms with Gasteiger partial charge in [-0.25, -0.2) is 4.79 Å². The highest BCUT2D eigenvalue weighted by atomic mass is 32.1. The topological polar surface area (TPSA) is 73.9 Å². The molecule has 0 saturated heterocycles. The molecule has 1 aliphatic rings. The van der Waals surface area contributed by atoms with Gasteiger partial charge in [-0.05, 0) is 68.9 Å². The molecule has 0 spiro atoms. The zero-order valence-electron chi connectivity index (χ0n) is 17.6. The number of ether oxygens (including phenoxy) is 3. The van der Waals surface area contributed by atoms with Gasteiger partial charge in [-0.3, -0.25) is 4.79 Å². The molecule has 0 bridgehead atoms. The monoisotopic (exact) mass is 429 g/mol. The lowest BCUT2D eigenvalue weighted by Crippen LogP contribution is -2.14. The zero-order chi connectivity index (χ0) is 21.5. The van der Waals surface area contributed by atoms with Crippen LogP contribution in [0.3, 0.4) is 0 Å². The number of benzene rings is 1. The van der Waals surface area contributed by atoms with Crippen LogP contribution in [0.5, 0.6) is 11.5 Å². The average molecular weight is 430 g/mol. The Morgan fingerprint density at radius 3 is 2.67 bits per heavy atom. The highest BCUT2D eigenvalue weighted by molar-refractivity contribution is 7.17. The molecule has 160 valence electrons. The van der Waals surface area contributed by atoms with Gasteiger partial charge in [0.05, 0.1) is 25.9 Å². The number of hydrogen-bond donors (Lipinski definition) is 1. The third kappa shape index (κ3) is 5.02. The summed E-state index contributed by atoms with van der Waals surface area (Å²) in [5, 5.41) is 3.44. The van der Waals surface area contributed by atoms with E-state index in [-0.39, 0.29) is 11.9 Å². The molecule has 3 rings (SSSR count). The van der Waals surface area contributed by atoms with E-state index in [1.807, 2.05) is 25.1 Å². The number of esters is 1. The molecule has 6 nitrogen and oxygen atoms in total. The van der Waals surface area contributed by atoms with E-state index in [0.717, 1.165) is 36.8 Å². The van der Waals surface area contributed by atoms with E-state index in [2.05, 4.69) is 5.32 Å². The van der Waals surface area contributed by atoms with E-state index in [1.165, 1.54) is 22.3 Å². The predicted octanol–water partition coefficient (Wildman–Crippen LogP) is 4.86. The van der Waals surface area contributed by atoms with Gasteiger partial charge in [0.25, 0.3) is 0 Å². The van der Waals surface area contributed by atoms with Crippen LogP contribution in [-0.2, 0) is 22.4 Å². The number of carbonyl (C=O) groups is 2. The maximum atomic E-state index is 12.6. The smallest absolute Gasteiger partial charge is 0.341 e. The number of rotatable bonds is 8. The second-order valence-electron chi connectivity index (χ2n) is 6.80. The minimum Gasteiger partial charge on any atom is -0.493 e. The van der Waals surface area contributed by atoms with Crippen molar-refractivity contribution in [3.63, 3.8) is 0 Å². The zero-order valence-corrected chi connectivity index (χ0v) is 18.4. The van der Waals surface area contributed by atoms with Gasteiger partial charge in [0, 0.05) is 11.0 Å². The Morgan fingerprint density at radius 1 is 1.13 bits per heavy atom. The fourth-order valence-electron chi connectivity index (χ4n) is 3.46. The van der Waals surface area contributed by atoms with Crippen LogP contribution in [0.2, 0.25) is 0 Å². The number of fused-ring (bicyclic) bond motifs is 1. The molecule has 1 aliphatic carbocycles. The van der Waals surface area contributed by atoms with E-state index in [0.29, 0.717) is 35.3 Å². The van der Waals surface area contributed by atoms with E-state index < -0.39 is 0 Å². The third-order valence-electron chi connectivity index (χ3n) is 4.80. The first kappa shape index (κ1) is 21.9. The van der Waals surface area contributed by atoms with E-state index in [4.69, 9.17) is 14.2 Å². The standard InChI is InChI=1S/C23H27NO5S/c1-4-28-17-12-10-15(14-18(17)27-3)11-13-20(25)24-22-21(23(26)29-5-2)16-8-6-7-9-19(16)30-22/h10-14H,4-9H2,1-3H3,(H,24,25). The molecule has 7 heteroatoms. The lowest BCUT2D eigenvalue weighted by Gasteiger charge is -2.12. The van der Waals surface area contributed by atoms with Crippen molar-refractivity contribution in [2.75, 3.05) is 25.6 Å². The predicted molar refractivity (Wildman–Crippen MR) is 119 cm³/mol. The minimum absolute atomic E-state index is 0.299. The van der Waals surface area contributed by atoms with Gasteiger partial charge in [-0.1, -0.05) is 6.07 Å². The summed E-state index contributed by atoms with van der Waals surface area (Å²) in [7, 11) is 1.58. The Labute approximate surface area is 180 Å². The Balaban J connectivity index is 1.78. The van der Waals surface area contributed by atoms with Gasteiger partial charge in [-0.2, -0.15) is 0 Å². The maximum absolute atomic E-state index is 12.6. The molecule has 1 aromatic carbocycles. The molecule has 0 fully saturated rings. The van der Waals surface area contributed by atoms with E-state index >= 15 is 0 Å². The van der Waals surface area contributed by atoms with E-state index in [9.17, 15) is 9.59 Å². The highest BCUT2D eigenvalue weighted by Crippen LogP contribution is 2.38. The van der Waals surface area contributed by atoms with Crippen LogP contribution in [0.25, 0.3) is 6.08 Å². The van der Waals surface area contributed by atoms with Gasteiger partial charge >= 0.3 is 5.97 Å². The molecule has 30 heavy (non-hydrogen) atoms. The number of amides is 1. The normalized spacial score (nSPS) is 13.0. The summed E-state index contributed by atoms with van der Waals surface area (Å²) in [4.78, 5) is 26.2. The van der Waals surface area contributed by atoms with Crippen LogP contribution >= 0.6 is 11.3 Å². The number of thiophene rings is 1. The molecule has 0 atom stereocenters. The Kier molecular flexibility index (Phi) is 7.52. The van der Waals surface area contributed by atoms with Crippen molar-refractivity contribution in [2.24, 2.45) is 0 Å². The van der Waals surface area contributed by atoms with Crippen molar-refractivity contribution in [1.29, 1.82) is 0 Å².